The Hall–Kier alpha value is -2.35. The third-order valence-corrected chi connectivity index (χ3v) is 3.99. The average Bonchev–Trinajstić information content (AvgIpc) is 2.50. The van der Waals surface area contributed by atoms with Gasteiger partial charge in [-0.25, -0.2) is 0 Å². The topological polar surface area (TPSA) is 22.1 Å². The first-order chi connectivity index (χ1) is 10.2. The van der Waals surface area contributed by atoms with Crippen LogP contribution in [0.5, 0.6) is 5.75 Å². The van der Waals surface area contributed by atoms with Gasteiger partial charge in [-0.3, -0.25) is 4.98 Å². The smallest absolute Gasteiger partial charge is 0.118 e. The van der Waals surface area contributed by atoms with Crippen LogP contribution in [0.4, 0.5) is 0 Å². The van der Waals surface area contributed by atoms with Gasteiger partial charge in [0.05, 0.1) is 12.8 Å². The first-order valence-corrected chi connectivity index (χ1v) is 7.15. The van der Waals surface area contributed by atoms with E-state index in [0.717, 1.165) is 17.9 Å². The van der Waals surface area contributed by atoms with E-state index >= 15 is 0 Å². The van der Waals surface area contributed by atoms with Gasteiger partial charge >= 0.3 is 0 Å². The minimum absolute atomic E-state index is 0.837. The Kier molecular flexibility index (Phi) is 3.61. The van der Waals surface area contributed by atoms with E-state index in [2.05, 4.69) is 49.2 Å². The minimum Gasteiger partial charge on any atom is -0.497 e. The molecule has 2 heteroatoms. The number of aromatic nitrogens is 1. The molecule has 1 aromatic heterocycles. The fourth-order valence-corrected chi connectivity index (χ4v) is 2.58. The number of hydrogen-bond acceptors (Lipinski definition) is 2. The molecule has 2 aromatic carbocycles. The highest BCUT2D eigenvalue weighted by Crippen LogP contribution is 2.23. The molecule has 1 heterocycles. The van der Waals surface area contributed by atoms with E-state index in [1.165, 1.54) is 27.5 Å². The van der Waals surface area contributed by atoms with E-state index in [-0.39, 0.29) is 0 Å². The lowest BCUT2D eigenvalue weighted by molar-refractivity contribution is 0.414. The zero-order chi connectivity index (χ0) is 14.8. The molecular formula is C19H19NO. The number of ether oxygens (including phenoxy) is 1. The predicted molar refractivity (Wildman–Crippen MR) is 87.0 cm³/mol. The van der Waals surface area contributed by atoms with Crippen LogP contribution in [-0.4, -0.2) is 12.1 Å². The molecule has 21 heavy (non-hydrogen) atoms. The van der Waals surface area contributed by atoms with Crippen molar-refractivity contribution < 1.29 is 4.74 Å². The largest absolute Gasteiger partial charge is 0.497 e. The van der Waals surface area contributed by atoms with Gasteiger partial charge in [0.15, 0.2) is 0 Å². The quantitative estimate of drug-likeness (QED) is 0.705. The fraction of sp³-hybridized carbons (Fsp3) is 0.211. The molecule has 0 unspecified atom stereocenters. The maximum absolute atomic E-state index is 5.20. The summed E-state index contributed by atoms with van der Waals surface area (Å²) in [6, 6.07) is 14.8. The van der Waals surface area contributed by atoms with E-state index in [9.17, 15) is 0 Å². The van der Waals surface area contributed by atoms with Crippen LogP contribution in [0.2, 0.25) is 0 Å². The molecule has 0 N–H and O–H groups in total. The summed E-state index contributed by atoms with van der Waals surface area (Å²) in [6.45, 7) is 4.30. The Morgan fingerprint density at radius 1 is 0.952 bits per heavy atom. The summed E-state index contributed by atoms with van der Waals surface area (Å²) in [5.41, 5.74) is 5.00. The third kappa shape index (κ3) is 2.75. The summed E-state index contributed by atoms with van der Waals surface area (Å²) in [6.07, 6.45) is 2.74. The van der Waals surface area contributed by atoms with Crippen molar-refractivity contribution in [1.29, 1.82) is 0 Å². The van der Waals surface area contributed by atoms with Crippen LogP contribution in [-0.2, 0) is 6.42 Å². The maximum atomic E-state index is 5.20. The summed E-state index contributed by atoms with van der Waals surface area (Å²) in [4.78, 5) is 4.58. The molecule has 0 aliphatic rings. The highest BCUT2D eigenvalue weighted by Gasteiger charge is 2.06. The molecule has 2 nitrogen and oxygen atoms in total. The third-order valence-electron chi connectivity index (χ3n) is 3.99. The molecule has 0 atom stereocenters. The predicted octanol–water partition coefficient (Wildman–Crippen LogP) is 4.45. The number of pyridine rings is 1. The first-order valence-electron chi connectivity index (χ1n) is 7.15. The van der Waals surface area contributed by atoms with Gasteiger partial charge in [0.25, 0.3) is 0 Å². The number of nitrogens with zero attached hydrogens (tertiary/aromatic N) is 1. The van der Waals surface area contributed by atoms with Crippen LogP contribution >= 0.6 is 0 Å². The van der Waals surface area contributed by atoms with Crippen LogP contribution in [0.3, 0.4) is 0 Å². The van der Waals surface area contributed by atoms with Crippen molar-refractivity contribution in [3.63, 3.8) is 0 Å². The van der Waals surface area contributed by atoms with Crippen molar-refractivity contribution in [3.8, 4) is 5.75 Å². The second-order valence-corrected chi connectivity index (χ2v) is 5.44. The van der Waals surface area contributed by atoms with Gasteiger partial charge in [-0.1, -0.05) is 18.2 Å². The zero-order valence-electron chi connectivity index (χ0n) is 12.7. The number of rotatable bonds is 3. The standard InChI is InChI=1S/C19H19NO/c1-13-10-16-8-9-20-19(18(16)11-14(13)2)12-15-4-6-17(21-3)7-5-15/h4-11H,12H2,1-3H3. The van der Waals surface area contributed by atoms with Crippen molar-refractivity contribution in [1.82, 2.24) is 4.98 Å². The van der Waals surface area contributed by atoms with Gasteiger partial charge in [-0.2, -0.15) is 0 Å². The lowest BCUT2D eigenvalue weighted by Gasteiger charge is -2.09. The molecule has 0 aliphatic carbocycles. The van der Waals surface area contributed by atoms with E-state index in [1.807, 2.05) is 18.3 Å². The number of hydrogen-bond donors (Lipinski definition) is 0. The molecule has 3 rings (SSSR count). The number of aryl methyl sites for hydroxylation is 2. The second kappa shape index (κ2) is 5.57. The normalized spacial score (nSPS) is 10.8. The molecular weight excluding hydrogens is 258 g/mol. The molecule has 106 valence electrons. The SMILES string of the molecule is COc1ccc(Cc2nccc3cc(C)c(C)cc23)cc1. The zero-order valence-corrected chi connectivity index (χ0v) is 12.7. The van der Waals surface area contributed by atoms with Gasteiger partial charge in [0.1, 0.15) is 5.75 Å². The van der Waals surface area contributed by atoms with Crippen LogP contribution in [0.1, 0.15) is 22.4 Å². The Balaban J connectivity index is 2.01. The van der Waals surface area contributed by atoms with Crippen molar-refractivity contribution >= 4 is 10.8 Å². The van der Waals surface area contributed by atoms with Gasteiger partial charge in [-0.05, 0) is 60.2 Å². The van der Waals surface area contributed by atoms with Crippen LogP contribution in [0, 0.1) is 13.8 Å². The molecule has 0 spiro atoms. The number of fused-ring (bicyclic) bond motifs is 1. The van der Waals surface area contributed by atoms with Crippen molar-refractivity contribution in [2.24, 2.45) is 0 Å². The molecule has 0 saturated carbocycles. The molecule has 0 bridgehead atoms. The Morgan fingerprint density at radius 2 is 1.67 bits per heavy atom. The van der Waals surface area contributed by atoms with E-state index in [0.29, 0.717) is 0 Å². The van der Waals surface area contributed by atoms with Gasteiger partial charge in [0.2, 0.25) is 0 Å². The molecule has 0 fully saturated rings. The lowest BCUT2D eigenvalue weighted by atomic mass is 9.99. The maximum Gasteiger partial charge on any atom is 0.118 e. The lowest BCUT2D eigenvalue weighted by Crippen LogP contribution is -1.95. The van der Waals surface area contributed by atoms with Gasteiger partial charge in [-0.15, -0.1) is 0 Å². The Bertz CT molecular complexity index is 775. The summed E-state index contributed by atoms with van der Waals surface area (Å²) < 4.78 is 5.20. The van der Waals surface area contributed by atoms with E-state index < -0.39 is 0 Å². The number of methoxy groups -OCH3 is 1. The minimum atomic E-state index is 0.837. The Labute approximate surface area is 125 Å². The summed E-state index contributed by atoms with van der Waals surface area (Å²) in [5.74, 6) is 0.885. The Morgan fingerprint density at radius 3 is 2.38 bits per heavy atom. The van der Waals surface area contributed by atoms with Gasteiger partial charge < -0.3 is 4.74 Å². The molecule has 0 saturated heterocycles. The molecule has 0 aliphatic heterocycles. The van der Waals surface area contributed by atoms with E-state index in [1.54, 1.807) is 7.11 Å². The summed E-state index contributed by atoms with van der Waals surface area (Å²) in [7, 11) is 1.69. The average molecular weight is 277 g/mol. The molecule has 3 aromatic rings. The second-order valence-electron chi connectivity index (χ2n) is 5.44. The van der Waals surface area contributed by atoms with Crippen molar-refractivity contribution in [3.05, 3.63) is 71.0 Å². The molecule has 0 radical (unpaired) electrons. The van der Waals surface area contributed by atoms with E-state index in [4.69, 9.17) is 4.74 Å². The molecule has 0 amide bonds. The highest BCUT2D eigenvalue weighted by atomic mass is 16.5. The summed E-state index contributed by atoms with van der Waals surface area (Å²) in [5, 5.41) is 2.51. The summed E-state index contributed by atoms with van der Waals surface area (Å²) >= 11 is 0. The fourth-order valence-electron chi connectivity index (χ4n) is 2.58. The van der Waals surface area contributed by atoms with Crippen molar-refractivity contribution in [2.45, 2.75) is 20.3 Å². The number of benzene rings is 2. The van der Waals surface area contributed by atoms with Crippen LogP contribution in [0.25, 0.3) is 10.8 Å². The van der Waals surface area contributed by atoms with Gasteiger partial charge in [0, 0.05) is 18.0 Å². The van der Waals surface area contributed by atoms with Crippen LogP contribution < -0.4 is 4.74 Å². The van der Waals surface area contributed by atoms with Crippen LogP contribution in [0.15, 0.2) is 48.7 Å². The first kappa shape index (κ1) is 13.6. The monoisotopic (exact) mass is 277 g/mol. The van der Waals surface area contributed by atoms with Crippen molar-refractivity contribution in [2.75, 3.05) is 7.11 Å². The highest BCUT2D eigenvalue weighted by molar-refractivity contribution is 5.86.